The molecule has 1 aliphatic heterocycles. The minimum Gasteiger partial charge on any atom is -0.344 e. The summed E-state index contributed by atoms with van der Waals surface area (Å²) in [4.78, 5) is 28.3. The maximum atomic E-state index is 13.7. The average Bonchev–Trinajstić information content (AvgIpc) is 3.00. The number of nitrogens with two attached hydrogens (primary N) is 1. The number of amides is 2. The maximum absolute atomic E-state index is 13.7. The van der Waals surface area contributed by atoms with Crippen LogP contribution in [0.15, 0.2) is 77.7 Å². The van der Waals surface area contributed by atoms with Crippen LogP contribution in [-0.4, -0.2) is 38.4 Å². The number of anilines is 1. The summed E-state index contributed by atoms with van der Waals surface area (Å²) in [6.45, 7) is 5.91. The van der Waals surface area contributed by atoms with Gasteiger partial charge in [0.2, 0.25) is 21.8 Å². The smallest absolute Gasteiger partial charge is 0.249 e. The van der Waals surface area contributed by atoms with Crippen molar-refractivity contribution < 1.29 is 18.0 Å². The third kappa shape index (κ3) is 6.92. The number of sulfonamides is 1. The van der Waals surface area contributed by atoms with Crippen LogP contribution in [0.1, 0.15) is 44.7 Å². The molecule has 0 fully saturated rings. The molecule has 1 heterocycles. The summed E-state index contributed by atoms with van der Waals surface area (Å²) < 4.78 is 28.0. The molecule has 0 radical (unpaired) electrons. The molecule has 39 heavy (non-hydrogen) atoms. The van der Waals surface area contributed by atoms with E-state index in [1.807, 2.05) is 48.5 Å². The maximum Gasteiger partial charge on any atom is 0.249 e. The Labute approximate surface area is 230 Å². The van der Waals surface area contributed by atoms with Gasteiger partial charge < -0.3 is 16.0 Å². The lowest BCUT2D eigenvalue weighted by Crippen LogP contribution is -2.49. The quantitative estimate of drug-likeness (QED) is 0.376. The van der Waals surface area contributed by atoms with Crippen LogP contribution in [0.4, 0.5) is 5.69 Å². The van der Waals surface area contributed by atoms with Crippen LogP contribution < -0.4 is 20.7 Å². The summed E-state index contributed by atoms with van der Waals surface area (Å²) in [5.74, 6) is -0.420. The van der Waals surface area contributed by atoms with Crippen LogP contribution in [0.5, 0.6) is 0 Å². The van der Waals surface area contributed by atoms with Crippen LogP contribution in [0, 0.1) is 0 Å². The van der Waals surface area contributed by atoms with E-state index in [0.717, 1.165) is 22.4 Å². The van der Waals surface area contributed by atoms with Gasteiger partial charge in [0.1, 0.15) is 6.04 Å². The highest BCUT2D eigenvalue weighted by Gasteiger charge is 2.32. The Morgan fingerprint density at radius 2 is 1.69 bits per heavy atom. The molecule has 0 saturated carbocycles. The fourth-order valence-corrected chi connectivity index (χ4v) is 6.12. The van der Waals surface area contributed by atoms with E-state index in [1.165, 1.54) is 0 Å². The molecule has 0 aliphatic carbocycles. The molecule has 2 amide bonds. The Morgan fingerprint density at radius 3 is 2.38 bits per heavy atom. The molecule has 0 bridgehead atoms. The predicted octanol–water partition coefficient (Wildman–Crippen LogP) is 3.74. The fourth-order valence-electron chi connectivity index (χ4n) is 4.85. The number of carbonyl (C=O) groups is 2. The van der Waals surface area contributed by atoms with Gasteiger partial charge in [0.15, 0.2) is 0 Å². The number of nitrogens with one attached hydrogen (secondary N) is 2. The summed E-state index contributed by atoms with van der Waals surface area (Å²) in [5.41, 5.74) is 9.45. The Hall–Kier alpha value is -3.53. The Balaban J connectivity index is 1.61. The lowest BCUT2D eigenvalue weighted by atomic mass is 10.0. The van der Waals surface area contributed by atoms with E-state index in [-0.39, 0.29) is 23.1 Å². The highest BCUT2D eigenvalue weighted by Crippen LogP contribution is 2.31. The van der Waals surface area contributed by atoms with Gasteiger partial charge in [-0.3, -0.25) is 9.59 Å². The molecular weight excluding hydrogens is 512 g/mol. The number of fused-ring (bicyclic) bond motifs is 1. The van der Waals surface area contributed by atoms with Crippen molar-refractivity contribution in [3.05, 3.63) is 83.9 Å². The van der Waals surface area contributed by atoms with Gasteiger partial charge in [0.25, 0.3) is 0 Å². The Kier molecular flexibility index (Phi) is 8.54. The van der Waals surface area contributed by atoms with Crippen LogP contribution >= 0.6 is 0 Å². The number of hydrogen-bond donors (Lipinski definition) is 3. The molecule has 3 aromatic rings. The molecule has 3 aromatic carbocycles. The number of rotatable bonds is 9. The first-order valence-electron chi connectivity index (χ1n) is 13.1. The zero-order valence-electron chi connectivity index (χ0n) is 22.6. The number of para-hydroxylation sites is 1. The largest absolute Gasteiger partial charge is 0.344 e. The zero-order valence-corrected chi connectivity index (χ0v) is 23.4. The van der Waals surface area contributed by atoms with Crippen LogP contribution in [0.3, 0.4) is 0 Å². The number of carbonyl (C=O) groups excluding carboxylic acids is 2. The molecule has 4 rings (SSSR count). The van der Waals surface area contributed by atoms with Gasteiger partial charge in [0, 0.05) is 29.8 Å². The first-order chi connectivity index (χ1) is 18.5. The van der Waals surface area contributed by atoms with Gasteiger partial charge >= 0.3 is 0 Å². The van der Waals surface area contributed by atoms with Gasteiger partial charge in [0.05, 0.1) is 11.4 Å². The summed E-state index contributed by atoms with van der Waals surface area (Å²) >= 11 is 0. The highest BCUT2D eigenvalue weighted by atomic mass is 32.2. The Bertz CT molecular complexity index is 1450. The van der Waals surface area contributed by atoms with Crippen molar-refractivity contribution in [3.63, 3.8) is 0 Å². The molecule has 9 heteroatoms. The summed E-state index contributed by atoms with van der Waals surface area (Å²) in [5, 5.41) is 2.90. The SMILES string of the molecule is CCNS(=O)(=O)c1ccccc1-c1ccc(CN2C(=O)[C@H](NC(=O)CC(C)(C)N)CCc3ccccc32)cc1. The molecule has 0 aromatic heterocycles. The second-order valence-corrected chi connectivity index (χ2v) is 12.3. The van der Waals surface area contributed by atoms with Crippen molar-refractivity contribution in [2.75, 3.05) is 11.4 Å². The van der Waals surface area contributed by atoms with E-state index in [4.69, 9.17) is 5.73 Å². The third-order valence-electron chi connectivity index (χ3n) is 6.62. The summed E-state index contributed by atoms with van der Waals surface area (Å²) in [7, 11) is -3.64. The Morgan fingerprint density at radius 1 is 1.03 bits per heavy atom. The third-order valence-corrected chi connectivity index (χ3v) is 8.22. The van der Waals surface area contributed by atoms with Crippen LogP contribution in [0.25, 0.3) is 11.1 Å². The normalized spacial score (nSPS) is 15.9. The van der Waals surface area contributed by atoms with Crippen LogP contribution in [0.2, 0.25) is 0 Å². The van der Waals surface area contributed by atoms with E-state index >= 15 is 0 Å². The van der Waals surface area contributed by atoms with Gasteiger partial charge in [-0.15, -0.1) is 0 Å². The van der Waals surface area contributed by atoms with E-state index in [2.05, 4.69) is 10.0 Å². The monoisotopic (exact) mass is 548 g/mol. The molecule has 1 atom stereocenters. The van der Waals surface area contributed by atoms with Crippen molar-refractivity contribution in [2.45, 2.75) is 63.1 Å². The van der Waals surface area contributed by atoms with Crippen molar-refractivity contribution in [1.29, 1.82) is 0 Å². The van der Waals surface area contributed by atoms with Gasteiger partial charge in [-0.2, -0.15) is 0 Å². The molecular formula is C30H36N4O4S. The lowest BCUT2D eigenvalue weighted by Gasteiger charge is -2.27. The number of hydrogen-bond acceptors (Lipinski definition) is 5. The van der Waals surface area contributed by atoms with E-state index in [9.17, 15) is 18.0 Å². The van der Waals surface area contributed by atoms with E-state index in [0.29, 0.717) is 31.5 Å². The fraction of sp³-hybridized carbons (Fsp3) is 0.333. The first kappa shape index (κ1) is 28.5. The highest BCUT2D eigenvalue weighted by molar-refractivity contribution is 7.89. The number of nitrogens with zero attached hydrogens (tertiary/aromatic N) is 1. The summed E-state index contributed by atoms with van der Waals surface area (Å²) in [6, 6.07) is 21.5. The van der Waals surface area contributed by atoms with Crippen molar-refractivity contribution >= 4 is 27.5 Å². The van der Waals surface area contributed by atoms with Crippen LogP contribution in [-0.2, 0) is 32.6 Å². The first-order valence-corrected chi connectivity index (χ1v) is 14.6. The topological polar surface area (TPSA) is 122 Å². The van der Waals surface area contributed by atoms with Gasteiger partial charge in [-0.05, 0) is 55.5 Å². The second-order valence-electron chi connectivity index (χ2n) is 10.6. The molecule has 0 spiro atoms. The molecule has 8 nitrogen and oxygen atoms in total. The lowest BCUT2D eigenvalue weighted by molar-refractivity contribution is -0.128. The average molecular weight is 549 g/mol. The molecule has 0 saturated heterocycles. The number of benzene rings is 3. The standard InChI is InChI=1S/C30H36N4O4S/c1-4-32-39(37,38)27-12-8-6-10-24(27)22-15-13-21(14-16-22)20-34-26-11-7-5-9-23(26)17-18-25(29(34)36)33-28(35)19-30(2,3)31/h5-16,25,32H,4,17-20,31H2,1-3H3,(H,33,35)/t25-/m1/s1. The van der Waals surface area contributed by atoms with Crippen molar-refractivity contribution in [2.24, 2.45) is 5.73 Å². The molecule has 206 valence electrons. The van der Waals surface area contributed by atoms with Crippen molar-refractivity contribution in [1.82, 2.24) is 10.0 Å². The molecule has 4 N–H and O–H groups in total. The van der Waals surface area contributed by atoms with Gasteiger partial charge in [-0.25, -0.2) is 13.1 Å². The van der Waals surface area contributed by atoms with Gasteiger partial charge in [-0.1, -0.05) is 67.6 Å². The number of aryl methyl sites for hydroxylation is 1. The van der Waals surface area contributed by atoms with E-state index < -0.39 is 21.6 Å². The molecule has 0 unspecified atom stereocenters. The predicted molar refractivity (Wildman–Crippen MR) is 154 cm³/mol. The zero-order chi connectivity index (χ0) is 28.2. The van der Waals surface area contributed by atoms with Crippen molar-refractivity contribution in [3.8, 4) is 11.1 Å². The second kappa shape index (κ2) is 11.7. The minimum absolute atomic E-state index is 0.121. The minimum atomic E-state index is -3.64. The summed E-state index contributed by atoms with van der Waals surface area (Å²) in [6.07, 6.45) is 1.28. The van der Waals surface area contributed by atoms with E-state index in [1.54, 1.807) is 49.9 Å². The molecule has 1 aliphatic rings.